The van der Waals surface area contributed by atoms with Gasteiger partial charge in [-0.3, -0.25) is 0 Å². The van der Waals surface area contributed by atoms with Crippen molar-refractivity contribution in [2.75, 3.05) is 0 Å². The molecule has 1 unspecified atom stereocenters. The average Bonchev–Trinajstić information content (AvgIpc) is 3.44. The van der Waals surface area contributed by atoms with Gasteiger partial charge in [-0.1, -0.05) is 24.3 Å². The number of rotatable bonds is 8. The van der Waals surface area contributed by atoms with Gasteiger partial charge in [0.1, 0.15) is 42.0 Å². The van der Waals surface area contributed by atoms with Gasteiger partial charge in [0.15, 0.2) is 5.82 Å². The van der Waals surface area contributed by atoms with Crippen LogP contribution in [0.15, 0.2) is 61.4 Å². The van der Waals surface area contributed by atoms with Gasteiger partial charge in [0.2, 0.25) is 0 Å². The lowest BCUT2D eigenvalue weighted by Crippen LogP contribution is -2.37. The van der Waals surface area contributed by atoms with E-state index in [-0.39, 0.29) is 30.2 Å². The molecule has 0 fully saturated rings. The Morgan fingerprint density at radius 1 is 0.943 bits per heavy atom. The van der Waals surface area contributed by atoms with Gasteiger partial charge in [-0.2, -0.15) is 10.2 Å². The van der Waals surface area contributed by atoms with Crippen molar-refractivity contribution in [3.63, 3.8) is 0 Å². The lowest BCUT2D eigenvalue weighted by Gasteiger charge is -2.28. The largest absolute Gasteiger partial charge is 0.573 e. The maximum Gasteiger partial charge on any atom is 0.573 e. The number of ether oxygens (including phenoxy) is 1. The summed E-state index contributed by atoms with van der Waals surface area (Å²) in [6, 6.07) is 8.02. The Kier molecular flexibility index (Phi) is 6.60. The number of alkyl halides is 3. The predicted octanol–water partition coefficient (Wildman–Crippen LogP) is 3.80. The molecule has 4 rings (SSSR count). The predicted molar refractivity (Wildman–Crippen MR) is 112 cm³/mol. The Hall–Kier alpha value is -4.13. The minimum Gasteiger partial charge on any atom is -0.406 e. The van der Waals surface area contributed by atoms with Gasteiger partial charge in [-0.25, -0.2) is 28.1 Å². The number of hydrogen-bond acceptors (Lipinski definition) is 6. The molecule has 0 aliphatic rings. The number of nitrogens with zero attached hydrogens (tertiary/aromatic N) is 6. The van der Waals surface area contributed by atoms with Crippen LogP contribution >= 0.6 is 0 Å². The van der Waals surface area contributed by atoms with E-state index >= 15 is 0 Å². The summed E-state index contributed by atoms with van der Waals surface area (Å²) < 4.78 is 71.2. The van der Waals surface area contributed by atoms with Gasteiger partial charge in [0, 0.05) is 11.6 Å². The highest BCUT2D eigenvalue weighted by Crippen LogP contribution is 2.28. The Labute approximate surface area is 194 Å². The topological polar surface area (TPSA) is 90.9 Å². The van der Waals surface area contributed by atoms with Crippen LogP contribution in [0.3, 0.4) is 0 Å². The molecular formula is C22H17F5N6O2. The highest BCUT2D eigenvalue weighted by molar-refractivity contribution is 5.66. The van der Waals surface area contributed by atoms with E-state index in [1.54, 1.807) is 6.08 Å². The fraction of sp³-hybridized carbons (Fsp3) is 0.182. The summed E-state index contributed by atoms with van der Waals surface area (Å²) in [5.41, 5.74) is -1.48. The van der Waals surface area contributed by atoms with Gasteiger partial charge in [-0.05, 0) is 29.8 Å². The Morgan fingerprint density at radius 2 is 1.69 bits per heavy atom. The maximum absolute atomic E-state index is 14.5. The molecule has 1 N–H and O–H groups in total. The summed E-state index contributed by atoms with van der Waals surface area (Å²) in [5.74, 6) is -1.86. The third-order valence-corrected chi connectivity index (χ3v) is 4.84. The standard InChI is InChI=1S/C22H17F5N6O2/c23-16-4-7-18(19(24)9-16)21(34,10-32-13-28-12-30-32)11-33-14-29-20(31-33)8-3-15-1-5-17(6-2-15)35-22(25,26)27/h1-9,12-14,34H,10-11H2/b8-3+. The molecule has 0 bridgehead atoms. The van der Waals surface area contributed by atoms with Crippen molar-refractivity contribution >= 4 is 12.2 Å². The van der Waals surface area contributed by atoms with Crippen molar-refractivity contribution < 1.29 is 31.8 Å². The fourth-order valence-electron chi connectivity index (χ4n) is 3.35. The fourth-order valence-corrected chi connectivity index (χ4v) is 3.35. The zero-order valence-corrected chi connectivity index (χ0v) is 17.8. The molecule has 1 atom stereocenters. The second-order valence-corrected chi connectivity index (χ2v) is 7.50. The van der Waals surface area contributed by atoms with Crippen molar-refractivity contribution in [2.45, 2.75) is 25.1 Å². The van der Waals surface area contributed by atoms with Crippen molar-refractivity contribution in [3.05, 3.63) is 90.0 Å². The number of hydrogen-bond donors (Lipinski definition) is 1. The van der Waals surface area contributed by atoms with Crippen molar-refractivity contribution in [3.8, 4) is 5.75 Å². The summed E-state index contributed by atoms with van der Waals surface area (Å²) in [4.78, 5) is 7.90. The first-order valence-electron chi connectivity index (χ1n) is 10.0. The summed E-state index contributed by atoms with van der Waals surface area (Å²) >= 11 is 0. The second kappa shape index (κ2) is 9.62. The molecular weight excluding hydrogens is 475 g/mol. The van der Waals surface area contributed by atoms with Gasteiger partial charge in [0.05, 0.1) is 13.1 Å². The van der Waals surface area contributed by atoms with E-state index in [4.69, 9.17) is 0 Å². The third kappa shape index (κ3) is 6.26. The molecule has 0 aliphatic heterocycles. The van der Waals surface area contributed by atoms with Gasteiger partial charge in [-0.15, -0.1) is 13.2 Å². The van der Waals surface area contributed by atoms with Crippen LogP contribution in [-0.4, -0.2) is 41.0 Å². The molecule has 13 heteroatoms. The maximum atomic E-state index is 14.5. The lowest BCUT2D eigenvalue weighted by atomic mass is 9.93. The van der Waals surface area contributed by atoms with Gasteiger partial charge >= 0.3 is 6.36 Å². The molecule has 4 aromatic rings. The van der Waals surface area contributed by atoms with Crippen LogP contribution in [-0.2, 0) is 18.7 Å². The van der Waals surface area contributed by atoms with E-state index in [0.717, 1.165) is 12.1 Å². The summed E-state index contributed by atoms with van der Waals surface area (Å²) in [6.45, 7) is -0.452. The molecule has 0 amide bonds. The van der Waals surface area contributed by atoms with Crippen LogP contribution in [0.5, 0.6) is 5.75 Å². The molecule has 182 valence electrons. The molecule has 2 aromatic heterocycles. The van der Waals surface area contributed by atoms with Crippen LogP contribution < -0.4 is 4.74 Å². The molecule has 0 saturated heterocycles. The molecule has 0 spiro atoms. The first-order chi connectivity index (χ1) is 16.6. The van der Waals surface area contributed by atoms with E-state index in [9.17, 15) is 27.1 Å². The van der Waals surface area contributed by atoms with Gasteiger partial charge < -0.3 is 9.84 Å². The van der Waals surface area contributed by atoms with Crippen molar-refractivity contribution in [2.24, 2.45) is 0 Å². The first-order valence-corrected chi connectivity index (χ1v) is 10.0. The normalized spacial score (nSPS) is 13.8. The van der Waals surface area contributed by atoms with Crippen molar-refractivity contribution in [1.29, 1.82) is 0 Å². The zero-order valence-electron chi connectivity index (χ0n) is 17.8. The lowest BCUT2D eigenvalue weighted by molar-refractivity contribution is -0.274. The Balaban J connectivity index is 1.52. The summed E-state index contributed by atoms with van der Waals surface area (Å²) in [5, 5.41) is 19.5. The van der Waals surface area contributed by atoms with Crippen LogP contribution in [0.4, 0.5) is 22.0 Å². The van der Waals surface area contributed by atoms with E-state index in [1.807, 2.05) is 0 Å². The molecule has 0 aliphatic carbocycles. The molecule has 2 heterocycles. The Bertz CT molecular complexity index is 1300. The quantitative estimate of drug-likeness (QED) is 0.377. The smallest absolute Gasteiger partial charge is 0.406 e. The van der Waals surface area contributed by atoms with Crippen LogP contribution in [0.2, 0.25) is 0 Å². The number of aromatic nitrogens is 6. The summed E-state index contributed by atoms with van der Waals surface area (Å²) in [7, 11) is 0. The zero-order chi connectivity index (χ0) is 25.1. The van der Waals surface area contributed by atoms with Crippen LogP contribution in [0.1, 0.15) is 17.0 Å². The van der Waals surface area contributed by atoms with E-state index in [1.165, 1.54) is 58.7 Å². The van der Waals surface area contributed by atoms with Gasteiger partial charge in [0.25, 0.3) is 0 Å². The molecule has 8 nitrogen and oxygen atoms in total. The number of halogens is 5. The third-order valence-electron chi connectivity index (χ3n) is 4.84. The van der Waals surface area contributed by atoms with E-state index in [2.05, 4.69) is 24.9 Å². The highest BCUT2D eigenvalue weighted by atomic mass is 19.4. The SMILES string of the molecule is OC(Cn1cncn1)(Cn1cnc(/C=C/c2ccc(OC(F)(F)F)cc2)n1)c1ccc(F)cc1F. The van der Waals surface area contributed by atoms with Crippen molar-refractivity contribution in [1.82, 2.24) is 29.5 Å². The Morgan fingerprint density at radius 3 is 2.34 bits per heavy atom. The molecule has 0 radical (unpaired) electrons. The van der Waals surface area contributed by atoms with E-state index < -0.39 is 23.6 Å². The van der Waals surface area contributed by atoms with Crippen LogP contribution in [0, 0.1) is 11.6 Å². The first kappa shape index (κ1) is 24.0. The second-order valence-electron chi connectivity index (χ2n) is 7.50. The highest BCUT2D eigenvalue weighted by Gasteiger charge is 2.35. The minimum absolute atomic E-state index is 0.164. The molecule has 2 aromatic carbocycles. The summed E-state index contributed by atoms with van der Waals surface area (Å²) in [6.07, 6.45) is 2.20. The number of aliphatic hydroxyl groups is 1. The molecule has 0 saturated carbocycles. The van der Waals surface area contributed by atoms with Crippen LogP contribution in [0.25, 0.3) is 12.2 Å². The van der Waals surface area contributed by atoms with E-state index in [0.29, 0.717) is 11.6 Å². The molecule has 35 heavy (non-hydrogen) atoms. The monoisotopic (exact) mass is 492 g/mol. The average molecular weight is 492 g/mol. The minimum atomic E-state index is -4.78. The number of benzene rings is 2.